The average molecular weight is 183 g/mol. The number of rotatable bonds is 2. The van der Waals surface area contributed by atoms with E-state index in [1.165, 1.54) is 12.1 Å². The van der Waals surface area contributed by atoms with E-state index in [0.717, 1.165) is 12.0 Å². The van der Waals surface area contributed by atoms with Crippen molar-refractivity contribution in [1.29, 1.82) is 0 Å². The lowest BCUT2D eigenvalue weighted by Gasteiger charge is -2.00. The van der Waals surface area contributed by atoms with Crippen LogP contribution in [0.15, 0.2) is 18.2 Å². The van der Waals surface area contributed by atoms with Crippen LogP contribution < -0.4 is 5.32 Å². The monoisotopic (exact) mass is 183 g/mol. The van der Waals surface area contributed by atoms with Gasteiger partial charge in [-0.05, 0) is 31.2 Å². The summed E-state index contributed by atoms with van der Waals surface area (Å²) in [5.41, 5.74) is 0.887. The Morgan fingerprint density at radius 3 is 2.62 bits per heavy atom. The maximum Gasteiger partial charge on any atom is 0.159 e. The van der Waals surface area contributed by atoms with E-state index >= 15 is 0 Å². The van der Waals surface area contributed by atoms with Crippen molar-refractivity contribution in [3.63, 3.8) is 0 Å². The Balaban J connectivity index is 2.19. The number of hydrogen-bond donors (Lipinski definition) is 1. The first kappa shape index (κ1) is 8.63. The number of benzene rings is 1. The summed E-state index contributed by atoms with van der Waals surface area (Å²) < 4.78 is 25.4. The van der Waals surface area contributed by atoms with Crippen LogP contribution in [-0.4, -0.2) is 13.1 Å². The lowest BCUT2D eigenvalue weighted by atomic mass is 10.1. The molecule has 0 amide bonds. The molecule has 70 valence electrons. The summed E-state index contributed by atoms with van der Waals surface area (Å²) in [5.74, 6) is -1.16. The van der Waals surface area contributed by atoms with E-state index in [1.807, 2.05) is 7.05 Å². The van der Waals surface area contributed by atoms with Gasteiger partial charge in [-0.15, -0.1) is 0 Å². The predicted molar refractivity (Wildman–Crippen MR) is 46.6 cm³/mol. The number of halogens is 2. The third-order valence-corrected chi connectivity index (χ3v) is 2.53. The predicted octanol–water partition coefficient (Wildman–Crippen LogP) is 2.04. The third-order valence-electron chi connectivity index (χ3n) is 2.53. The van der Waals surface area contributed by atoms with Crippen LogP contribution in [0.25, 0.3) is 0 Å². The molecule has 0 heterocycles. The van der Waals surface area contributed by atoms with Gasteiger partial charge in [-0.2, -0.15) is 0 Å². The second-order valence-electron chi connectivity index (χ2n) is 3.41. The van der Waals surface area contributed by atoms with Gasteiger partial charge in [-0.1, -0.05) is 6.07 Å². The maximum atomic E-state index is 12.8. The lowest BCUT2D eigenvalue weighted by molar-refractivity contribution is 0.507. The Morgan fingerprint density at radius 1 is 1.31 bits per heavy atom. The summed E-state index contributed by atoms with van der Waals surface area (Å²) in [6.07, 6.45) is 1.02. The van der Waals surface area contributed by atoms with Gasteiger partial charge in [-0.25, -0.2) is 8.78 Å². The minimum absolute atomic E-state index is 0.361. The van der Waals surface area contributed by atoms with Crippen molar-refractivity contribution in [2.75, 3.05) is 7.05 Å². The smallest absolute Gasteiger partial charge is 0.159 e. The van der Waals surface area contributed by atoms with Gasteiger partial charge in [0, 0.05) is 12.0 Å². The number of nitrogens with one attached hydrogen (secondary N) is 1. The van der Waals surface area contributed by atoms with Gasteiger partial charge in [0.05, 0.1) is 0 Å². The summed E-state index contributed by atoms with van der Waals surface area (Å²) in [5, 5.41) is 3.11. The van der Waals surface area contributed by atoms with E-state index in [9.17, 15) is 8.78 Å². The quantitative estimate of drug-likeness (QED) is 0.739. The van der Waals surface area contributed by atoms with Crippen molar-refractivity contribution in [3.8, 4) is 0 Å². The molecule has 1 aromatic rings. The molecule has 1 N–H and O–H groups in total. The van der Waals surface area contributed by atoms with Crippen LogP contribution in [0.4, 0.5) is 8.78 Å². The van der Waals surface area contributed by atoms with Crippen molar-refractivity contribution in [1.82, 2.24) is 5.32 Å². The maximum absolute atomic E-state index is 12.8. The molecule has 1 aromatic carbocycles. The Morgan fingerprint density at radius 2 is 2.08 bits per heavy atom. The Hall–Kier alpha value is -0.960. The normalized spacial score (nSPS) is 26.1. The molecule has 1 fully saturated rings. The second kappa shape index (κ2) is 3.07. The van der Waals surface area contributed by atoms with Crippen LogP contribution in [0, 0.1) is 11.6 Å². The van der Waals surface area contributed by atoms with Crippen molar-refractivity contribution < 1.29 is 8.78 Å². The molecule has 1 aliphatic carbocycles. The van der Waals surface area contributed by atoms with E-state index < -0.39 is 11.6 Å². The van der Waals surface area contributed by atoms with Gasteiger partial charge >= 0.3 is 0 Å². The van der Waals surface area contributed by atoms with Crippen LogP contribution >= 0.6 is 0 Å². The molecular weight excluding hydrogens is 172 g/mol. The van der Waals surface area contributed by atoms with Gasteiger partial charge in [0.1, 0.15) is 0 Å². The molecule has 1 aliphatic rings. The third kappa shape index (κ3) is 1.56. The summed E-state index contributed by atoms with van der Waals surface area (Å²) in [6.45, 7) is 0. The molecule has 3 heteroatoms. The molecule has 1 nitrogen and oxygen atoms in total. The van der Waals surface area contributed by atoms with Crippen LogP contribution in [-0.2, 0) is 0 Å². The van der Waals surface area contributed by atoms with E-state index in [4.69, 9.17) is 0 Å². The zero-order chi connectivity index (χ0) is 9.42. The minimum atomic E-state index is -0.773. The molecule has 0 radical (unpaired) electrons. The fourth-order valence-corrected chi connectivity index (χ4v) is 1.63. The van der Waals surface area contributed by atoms with Crippen LogP contribution in [0.2, 0.25) is 0 Å². The van der Waals surface area contributed by atoms with Gasteiger partial charge in [0.2, 0.25) is 0 Å². The molecule has 1 unspecified atom stereocenters. The van der Waals surface area contributed by atoms with Crippen molar-refractivity contribution in [2.24, 2.45) is 0 Å². The Kier molecular flexibility index (Phi) is 2.04. The van der Waals surface area contributed by atoms with Gasteiger partial charge in [0.25, 0.3) is 0 Å². The molecule has 0 spiro atoms. The summed E-state index contributed by atoms with van der Waals surface area (Å²) in [4.78, 5) is 0. The molecule has 0 bridgehead atoms. The van der Waals surface area contributed by atoms with E-state index in [-0.39, 0.29) is 0 Å². The molecule has 0 aliphatic heterocycles. The molecule has 1 saturated carbocycles. The highest BCUT2D eigenvalue weighted by Crippen LogP contribution is 2.40. The second-order valence-corrected chi connectivity index (χ2v) is 3.41. The van der Waals surface area contributed by atoms with Crippen LogP contribution in [0.3, 0.4) is 0 Å². The Bertz CT molecular complexity index is 325. The molecule has 2 atom stereocenters. The SMILES string of the molecule is CN[C@@H]1CC1c1ccc(F)c(F)c1. The summed E-state index contributed by atoms with van der Waals surface area (Å²) in [7, 11) is 1.88. The van der Waals surface area contributed by atoms with Crippen molar-refractivity contribution >= 4 is 0 Å². The van der Waals surface area contributed by atoms with Gasteiger partial charge in [-0.3, -0.25) is 0 Å². The molecule has 0 saturated heterocycles. The average Bonchev–Trinajstić information content (AvgIpc) is 2.88. The largest absolute Gasteiger partial charge is 0.316 e. The highest BCUT2D eigenvalue weighted by atomic mass is 19.2. The van der Waals surface area contributed by atoms with E-state index in [1.54, 1.807) is 6.07 Å². The Labute approximate surface area is 75.8 Å². The van der Waals surface area contributed by atoms with Gasteiger partial charge in [0.15, 0.2) is 11.6 Å². The summed E-state index contributed by atoms with van der Waals surface area (Å²) in [6, 6.07) is 4.57. The number of hydrogen-bond acceptors (Lipinski definition) is 1. The zero-order valence-electron chi connectivity index (χ0n) is 7.35. The molecule has 0 aromatic heterocycles. The van der Waals surface area contributed by atoms with Gasteiger partial charge < -0.3 is 5.32 Å². The first-order chi connectivity index (χ1) is 6.22. The van der Waals surface area contributed by atoms with Crippen molar-refractivity contribution in [2.45, 2.75) is 18.4 Å². The van der Waals surface area contributed by atoms with Crippen molar-refractivity contribution in [3.05, 3.63) is 35.4 Å². The van der Waals surface area contributed by atoms with Crippen LogP contribution in [0.1, 0.15) is 17.9 Å². The fraction of sp³-hybridized carbons (Fsp3) is 0.400. The fourth-order valence-electron chi connectivity index (χ4n) is 1.63. The number of likely N-dealkylation sites (N-methyl/N-ethyl adjacent to an activating group) is 1. The van der Waals surface area contributed by atoms with E-state index in [2.05, 4.69) is 5.32 Å². The van der Waals surface area contributed by atoms with Crippen LogP contribution in [0.5, 0.6) is 0 Å². The molecule has 13 heavy (non-hydrogen) atoms. The highest BCUT2D eigenvalue weighted by molar-refractivity contribution is 5.28. The highest BCUT2D eigenvalue weighted by Gasteiger charge is 2.37. The first-order valence-electron chi connectivity index (χ1n) is 4.34. The molecule has 2 rings (SSSR count). The van der Waals surface area contributed by atoms with E-state index in [0.29, 0.717) is 12.0 Å². The first-order valence-corrected chi connectivity index (χ1v) is 4.34. The minimum Gasteiger partial charge on any atom is -0.316 e. The lowest BCUT2D eigenvalue weighted by Crippen LogP contribution is -2.10. The topological polar surface area (TPSA) is 12.0 Å². The summed E-state index contributed by atoms with van der Waals surface area (Å²) >= 11 is 0. The molecular formula is C10H11F2N. The zero-order valence-corrected chi connectivity index (χ0v) is 7.35. The standard InChI is InChI=1S/C10H11F2N/c1-13-10-5-7(10)6-2-3-8(11)9(12)4-6/h2-4,7,10,13H,5H2,1H3/t7?,10-/m1/s1.